The van der Waals surface area contributed by atoms with Gasteiger partial charge in [-0.05, 0) is 20.3 Å². The zero-order valence-electron chi connectivity index (χ0n) is 10.4. The molecule has 2 aliphatic rings. The standard InChI is InChI=1S/C12H24N2O2/c1-9(2)14-4-6-16-11(7-14)12(13)10-3-5-15-8-10/h9-12H,3-8,13H2,1-2H3. The van der Waals surface area contributed by atoms with Gasteiger partial charge >= 0.3 is 0 Å². The Labute approximate surface area is 98.1 Å². The average Bonchev–Trinajstić information content (AvgIpc) is 2.81. The number of morpholine rings is 1. The molecule has 3 unspecified atom stereocenters. The maximum absolute atomic E-state index is 6.28. The highest BCUT2D eigenvalue weighted by Crippen LogP contribution is 2.21. The minimum Gasteiger partial charge on any atom is -0.381 e. The maximum Gasteiger partial charge on any atom is 0.0856 e. The van der Waals surface area contributed by atoms with E-state index in [1.54, 1.807) is 0 Å². The van der Waals surface area contributed by atoms with Gasteiger partial charge in [-0.3, -0.25) is 4.90 Å². The lowest BCUT2D eigenvalue weighted by Crippen LogP contribution is -2.54. The van der Waals surface area contributed by atoms with Crippen LogP contribution in [-0.4, -0.2) is 56.0 Å². The summed E-state index contributed by atoms with van der Waals surface area (Å²) in [6.07, 6.45) is 1.27. The second kappa shape index (κ2) is 5.45. The third-order valence-electron chi connectivity index (χ3n) is 3.79. The molecule has 2 saturated heterocycles. The third kappa shape index (κ3) is 2.74. The number of nitrogens with two attached hydrogens (primary N) is 1. The molecule has 0 spiro atoms. The number of hydrogen-bond donors (Lipinski definition) is 1. The van der Waals surface area contributed by atoms with E-state index in [0.717, 1.165) is 39.3 Å². The molecule has 2 N–H and O–H groups in total. The monoisotopic (exact) mass is 228 g/mol. The molecule has 0 amide bonds. The Morgan fingerprint density at radius 2 is 2.12 bits per heavy atom. The van der Waals surface area contributed by atoms with Gasteiger partial charge in [0.05, 0.1) is 19.3 Å². The molecule has 94 valence electrons. The Kier molecular flexibility index (Phi) is 4.19. The minimum atomic E-state index is 0.129. The molecule has 2 rings (SSSR count). The van der Waals surface area contributed by atoms with Gasteiger partial charge in [0.2, 0.25) is 0 Å². The number of rotatable bonds is 3. The van der Waals surface area contributed by atoms with Crippen molar-refractivity contribution in [1.29, 1.82) is 0 Å². The number of ether oxygens (including phenoxy) is 2. The van der Waals surface area contributed by atoms with Crippen molar-refractivity contribution < 1.29 is 9.47 Å². The SMILES string of the molecule is CC(C)N1CCOC(C(N)C2CCOC2)C1. The quantitative estimate of drug-likeness (QED) is 0.762. The highest BCUT2D eigenvalue weighted by molar-refractivity contribution is 4.87. The van der Waals surface area contributed by atoms with E-state index in [1.165, 1.54) is 0 Å². The van der Waals surface area contributed by atoms with Crippen molar-refractivity contribution >= 4 is 0 Å². The summed E-state index contributed by atoms with van der Waals surface area (Å²) in [4.78, 5) is 2.45. The second-order valence-corrected chi connectivity index (χ2v) is 5.20. The van der Waals surface area contributed by atoms with Crippen LogP contribution in [0, 0.1) is 5.92 Å². The van der Waals surface area contributed by atoms with E-state index in [-0.39, 0.29) is 12.1 Å². The van der Waals surface area contributed by atoms with E-state index in [2.05, 4.69) is 18.7 Å². The van der Waals surface area contributed by atoms with E-state index < -0.39 is 0 Å². The first-order valence-electron chi connectivity index (χ1n) is 6.37. The van der Waals surface area contributed by atoms with Gasteiger partial charge in [-0.2, -0.15) is 0 Å². The molecular weight excluding hydrogens is 204 g/mol. The van der Waals surface area contributed by atoms with E-state index in [1.807, 2.05) is 0 Å². The predicted octanol–water partition coefficient (Wildman–Crippen LogP) is 0.459. The normalized spacial score (nSPS) is 34.5. The Morgan fingerprint density at radius 1 is 1.31 bits per heavy atom. The fraction of sp³-hybridized carbons (Fsp3) is 1.00. The van der Waals surface area contributed by atoms with Crippen LogP contribution in [0.3, 0.4) is 0 Å². The second-order valence-electron chi connectivity index (χ2n) is 5.20. The molecule has 4 nitrogen and oxygen atoms in total. The van der Waals surface area contributed by atoms with Crippen molar-refractivity contribution in [2.24, 2.45) is 11.7 Å². The third-order valence-corrected chi connectivity index (χ3v) is 3.79. The summed E-state index contributed by atoms with van der Waals surface area (Å²) in [7, 11) is 0. The summed E-state index contributed by atoms with van der Waals surface area (Å²) < 4.78 is 11.2. The van der Waals surface area contributed by atoms with Crippen molar-refractivity contribution in [2.45, 2.75) is 38.5 Å². The van der Waals surface area contributed by atoms with Crippen LogP contribution in [0.15, 0.2) is 0 Å². The molecule has 3 atom stereocenters. The van der Waals surface area contributed by atoms with Gasteiger partial charge in [0.1, 0.15) is 0 Å². The Morgan fingerprint density at radius 3 is 2.75 bits per heavy atom. The molecule has 0 aliphatic carbocycles. The molecular formula is C12H24N2O2. The van der Waals surface area contributed by atoms with Gasteiger partial charge in [0, 0.05) is 37.7 Å². The number of nitrogens with zero attached hydrogens (tertiary/aromatic N) is 1. The topological polar surface area (TPSA) is 47.7 Å². The largest absolute Gasteiger partial charge is 0.381 e. The lowest BCUT2D eigenvalue weighted by atomic mass is 9.94. The van der Waals surface area contributed by atoms with E-state index in [4.69, 9.17) is 15.2 Å². The first-order valence-corrected chi connectivity index (χ1v) is 6.37. The van der Waals surface area contributed by atoms with E-state index >= 15 is 0 Å². The smallest absolute Gasteiger partial charge is 0.0856 e. The van der Waals surface area contributed by atoms with Crippen LogP contribution < -0.4 is 5.73 Å². The fourth-order valence-electron chi connectivity index (χ4n) is 2.56. The molecule has 0 aromatic heterocycles. The van der Waals surface area contributed by atoms with Gasteiger partial charge in [-0.15, -0.1) is 0 Å². The van der Waals surface area contributed by atoms with Crippen LogP contribution >= 0.6 is 0 Å². The van der Waals surface area contributed by atoms with Gasteiger partial charge < -0.3 is 15.2 Å². The van der Waals surface area contributed by atoms with Gasteiger partial charge in [0.15, 0.2) is 0 Å². The Hall–Kier alpha value is -0.160. The summed E-state index contributed by atoms with van der Waals surface area (Å²) in [5.74, 6) is 0.483. The first kappa shape index (κ1) is 12.3. The summed E-state index contributed by atoms with van der Waals surface area (Å²) in [6, 6.07) is 0.711. The molecule has 2 aliphatic heterocycles. The van der Waals surface area contributed by atoms with Crippen molar-refractivity contribution in [3.63, 3.8) is 0 Å². The molecule has 16 heavy (non-hydrogen) atoms. The van der Waals surface area contributed by atoms with Gasteiger partial charge in [-0.25, -0.2) is 0 Å². The molecule has 0 aromatic rings. The molecule has 4 heteroatoms. The summed E-state index contributed by atoms with van der Waals surface area (Å²) in [5, 5.41) is 0. The molecule has 2 fully saturated rings. The van der Waals surface area contributed by atoms with Crippen molar-refractivity contribution in [3.05, 3.63) is 0 Å². The van der Waals surface area contributed by atoms with Crippen molar-refractivity contribution in [3.8, 4) is 0 Å². The predicted molar refractivity (Wildman–Crippen MR) is 63.4 cm³/mol. The summed E-state index contributed by atoms with van der Waals surface area (Å²) in [5.41, 5.74) is 6.28. The van der Waals surface area contributed by atoms with Gasteiger partial charge in [-0.1, -0.05) is 0 Å². The Balaban J connectivity index is 1.87. The highest BCUT2D eigenvalue weighted by Gasteiger charge is 2.33. The minimum absolute atomic E-state index is 0.129. The van der Waals surface area contributed by atoms with Crippen LogP contribution in [-0.2, 0) is 9.47 Å². The van der Waals surface area contributed by atoms with Crippen LogP contribution in [0.25, 0.3) is 0 Å². The first-order chi connectivity index (χ1) is 7.68. The summed E-state index contributed by atoms with van der Waals surface area (Å²) >= 11 is 0. The van der Waals surface area contributed by atoms with Crippen LogP contribution in [0.4, 0.5) is 0 Å². The maximum atomic E-state index is 6.28. The molecule has 0 saturated carbocycles. The van der Waals surface area contributed by atoms with Crippen LogP contribution in [0.5, 0.6) is 0 Å². The zero-order valence-corrected chi connectivity index (χ0v) is 10.4. The average molecular weight is 228 g/mol. The van der Waals surface area contributed by atoms with Crippen molar-refractivity contribution in [2.75, 3.05) is 32.9 Å². The lowest BCUT2D eigenvalue weighted by Gasteiger charge is -2.39. The fourth-order valence-corrected chi connectivity index (χ4v) is 2.56. The van der Waals surface area contributed by atoms with Crippen LogP contribution in [0.1, 0.15) is 20.3 Å². The number of hydrogen-bond acceptors (Lipinski definition) is 4. The van der Waals surface area contributed by atoms with Crippen molar-refractivity contribution in [1.82, 2.24) is 4.90 Å². The van der Waals surface area contributed by atoms with E-state index in [9.17, 15) is 0 Å². The zero-order chi connectivity index (χ0) is 11.5. The molecule has 0 radical (unpaired) electrons. The highest BCUT2D eigenvalue weighted by atomic mass is 16.5. The lowest BCUT2D eigenvalue weighted by molar-refractivity contribution is -0.0582. The molecule has 0 aromatic carbocycles. The van der Waals surface area contributed by atoms with Crippen LogP contribution in [0.2, 0.25) is 0 Å². The summed E-state index contributed by atoms with van der Waals surface area (Å²) in [6.45, 7) is 8.93. The van der Waals surface area contributed by atoms with E-state index in [0.29, 0.717) is 12.0 Å². The molecule has 2 heterocycles. The van der Waals surface area contributed by atoms with Gasteiger partial charge in [0.25, 0.3) is 0 Å². The molecule has 0 bridgehead atoms. The Bertz CT molecular complexity index is 217.